The second-order valence-corrected chi connectivity index (χ2v) is 21.8. The van der Waals surface area contributed by atoms with E-state index in [0.29, 0.717) is 0 Å². The van der Waals surface area contributed by atoms with Crippen LogP contribution in [0.2, 0.25) is 0 Å². The Morgan fingerprint density at radius 2 is 0.610 bits per heavy atom. The average molecular weight is 635 g/mol. The Hall–Kier alpha value is -3.54. The Morgan fingerprint density at radius 1 is 0.390 bits per heavy atom. The van der Waals surface area contributed by atoms with Crippen molar-refractivity contribution in [3.63, 3.8) is 0 Å². The van der Waals surface area contributed by atoms with E-state index >= 15 is 4.39 Å². The van der Waals surface area contributed by atoms with Gasteiger partial charge in [-0.05, 0) is 0 Å². The SMILES string of the molecule is FC(=P(c1ccccc1)(c1ccccc1)c1ccccc1)P(Br)(c1ccccc1)(c1ccccc1)c1ccccc1. The van der Waals surface area contributed by atoms with Crippen molar-refractivity contribution in [1.29, 1.82) is 0 Å². The van der Waals surface area contributed by atoms with E-state index in [-0.39, 0.29) is 5.29 Å². The maximum atomic E-state index is 19.5. The Kier molecular flexibility index (Phi) is 7.67. The molecule has 0 saturated heterocycles. The summed E-state index contributed by atoms with van der Waals surface area (Å²) in [4.78, 5) is 0. The third-order valence-electron chi connectivity index (χ3n) is 7.78. The van der Waals surface area contributed by atoms with E-state index in [2.05, 4.69) is 88.3 Å². The van der Waals surface area contributed by atoms with Gasteiger partial charge in [-0.3, -0.25) is 0 Å². The molecule has 0 aromatic heterocycles. The Bertz CT molecular complexity index is 1590. The van der Waals surface area contributed by atoms with Gasteiger partial charge in [0, 0.05) is 0 Å². The number of benzene rings is 6. The van der Waals surface area contributed by atoms with Gasteiger partial charge in [0.25, 0.3) is 0 Å². The molecule has 0 N–H and O–H groups in total. The molecule has 6 rings (SSSR count). The van der Waals surface area contributed by atoms with Gasteiger partial charge in [-0.25, -0.2) is 0 Å². The molecule has 0 nitrogen and oxygen atoms in total. The van der Waals surface area contributed by atoms with Crippen LogP contribution in [0.1, 0.15) is 0 Å². The van der Waals surface area contributed by atoms with Crippen molar-refractivity contribution >= 4 is 64.8 Å². The molecular formula is C37H30BrFP2. The van der Waals surface area contributed by atoms with Crippen molar-refractivity contribution in [3.05, 3.63) is 182 Å². The van der Waals surface area contributed by atoms with Crippen LogP contribution in [0.4, 0.5) is 4.39 Å². The van der Waals surface area contributed by atoms with Crippen LogP contribution in [-0.2, 0) is 0 Å². The zero-order valence-corrected chi connectivity index (χ0v) is 25.8. The molecule has 4 heteroatoms. The first kappa shape index (κ1) is 27.6. The molecule has 6 aromatic carbocycles. The second kappa shape index (κ2) is 11.4. The predicted octanol–water partition coefficient (Wildman–Crippen LogP) is 7.88. The molecule has 0 aliphatic carbocycles. The molecule has 6 aromatic rings. The van der Waals surface area contributed by atoms with Crippen LogP contribution in [0.15, 0.2) is 182 Å². The Balaban J connectivity index is 1.99. The zero-order chi connectivity index (χ0) is 28.2. The molecule has 202 valence electrons. The van der Waals surface area contributed by atoms with Crippen molar-refractivity contribution in [1.82, 2.24) is 0 Å². The molecule has 0 bridgehead atoms. The normalized spacial score (nSPS) is 12.7. The van der Waals surface area contributed by atoms with Gasteiger partial charge in [-0.15, -0.1) is 0 Å². The summed E-state index contributed by atoms with van der Waals surface area (Å²) in [6, 6.07) is 61.4. The Labute approximate surface area is 250 Å². The van der Waals surface area contributed by atoms with Crippen LogP contribution in [-0.4, -0.2) is 5.29 Å². The van der Waals surface area contributed by atoms with Crippen LogP contribution >= 0.6 is 27.7 Å². The summed E-state index contributed by atoms with van der Waals surface area (Å²) in [6.45, 7) is -3.07. The molecule has 0 fully saturated rings. The molecule has 0 atom stereocenters. The summed E-state index contributed by atoms with van der Waals surface area (Å²) in [5.74, 6) is 0. The maximum absolute atomic E-state index is 19.5. The molecule has 0 amide bonds. The number of rotatable bonds is 7. The minimum absolute atomic E-state index is 0.0318. The molecule has 0 aliphatic heterocycles. The van der Waals surface area contributed by atoms with Crippen LogP contribution in [0.3, 0.4) is 0 Å². The summed E-state index contributed by atoms with van der Waals surface area (Å²) in [6.07, 6.45) is 0. The van der Waals surface area contributed by atoms with Crippen molar-refractivity contribution < 1.29 is 4.39 Å². The molecule has 0 saturated carbocycles. The van der Waals surface area contributed by atoms with E-state index < -0.39 is 12.2 Å². The molecule has 41 heavy (non-hydrogen) atoms. The molecule has 0 aliphatic rings. The summed E-state index contributed by atoms with van der Waals surface area (Å²) < 4.78 is 19.5. The van der Waals surface area contributed by atoms with Gasteiger partial charge in [-0.1, -0.05) is 0 Å². The van der Waals surface area contributed by atoms with Gasteiger partial charge in [0.15, 0.2) is 0 Å². The standard InChI is InChI=1S/C37H30BrFP2/c38-41(34-25-13-4-14-26-34,35-27-15-5-16-28-35,36-29-17-6-18-30-36)37(39)40(31-19-7-1-8-20-31,32-21-9-2-10-22-32)33-23-11-3-12-24-33/h1-30H. The van der Waals surface area contributed by atoms with Crippen molar-refractivity contribution in [2.75, 3.05) is 0 Å². The third kappa shape index (κ3) is 4.29. The quantitative estimate of drug-likeness (QED) is 0.157. The summed E-state index contributed by atoms with van der Waals surface area (Å²) in [5.41, 5.74) is 0. The summed E-state index contributed by atoms with van der Waals surface area (Å²) in [7, 11) is 0. The van der Waals surface area contributed by atoms with E-state index in [1.165, 1.54) is 0 Å². The summed E-state index contributed by atoms with van der Waals surface area (Å²) in [5, 5.41) is 1.56. The van der Waals surface area contributed by atoms with Gasteiger partial charge >= 0.3 is 251 Å². The number of halogens is 2. The van der Waals surface area contributed by atoms with Crippen LogP contribution in [0, 0.1) is 0 Å². The number of hydrogen-bond donors (Lipinski definition) is 0. The number of hydrogen-bond acceptors (Lipinski definition) is 0. The van der Waals surface area contributed by atoms with Gasteiger partial charge < -0.3 is 0 Å². The first-order valence-electron chi connectivity index (χ1n) is 13.6. The summed E-state index contributed by atoms with van der Waals surface area (Å²) >= 11 is 4.46. The van der Waals surface area contributed by atoms with Crippen molar-refractivity contribution in [2.45, 2.75) is 0 Å². The first-order valence-corrected chi connectivity index (χ1v) is 19.7. The van der Waals surface area contributed by atoms with Crippen LogP contribution in [0.25, 0.3) is 0 Å². The van der Waals surface area contributed by atoms with Crippen molar-refractivity contribution in [2.24, 2.45) is 0 Å². The molecular weight excluding hydrogens is 605 g/mol. The van der Waals surface area contributed by atoms with E-state index in [9.17, 15) is 0 Å². The molecule has 0 heterocycles. The fourth-order valence-electron chi connectivity index (χ4n) is 5.89. The minimum atomic E-state index is -4.14. The Morgan fingerprint density at radius 3 is 0.854 bits per heavy atom. The fourth-order valence-corrected chi connectivity index (χ4v) is 21.6. The van der Waals surface area contributed by atoms with Crippen LogP contribution < -0.4 is 31.8 Å². The monoisotopic (exact) mass is 634 g/mol. The topological polar surface area (TPSA) is 0 Å². The zero-order valence-electron chi connectivity index (χ0n) is 22.5. The predicted molar refractivity (Wildman–Crippen MR) is 185 cm³/mol. The second-order valence-electron chi connectivity index (χ2n) is 9.96. The van der Waals surface area contributed by atoms with E-state index in [1.54, 1.807) is 0 Å². The van der Waals surface area contributed by atoms with Crippen molar-refractivity contribution in [3.8, 4) is 0 Å². The van der Waals surface area contributed by atoms with E-state index in [1.807, 2.05) is 109 Å². The molecule has 0 radical (unpaired) electrons. The van der Waals surface area contributed by atoms with E-state index in [4.69, 9.17) is 0 Å². The van der Waals surface area contributed by atoms with E-state index in [0.717, 1.165) is 31.8 Å². The molecule has 0 spiro atoms. The third-order valence-corrected chi connectivity index (χ3v) is 23.6. The van der Waals surface area contributed by atoms with Gasteiger partial charge in [0.2, 0.25) is 0 Å². The fraction of sp³-hybridized carbons (Fsp3) is 0. The molecule has 0 unspecified atom stereocenters. The van der Waals surface area contributed by atoms with Crippen LogP contribution in [0.5, 0.6) is 0 Å². The van der Waals surface area contributed by atoms with Gasteiger partial charge in [-0.2, -0.15) is 0 Å². The van der Waals surface area contributed by atoms with Gasteiger partial charge in [0.1, 0.15) is 0 Å². The van der Waals surface area contributed by atoms with Gasteiger partial charge in [0.05, 0.1) is 0 Å². The average Bonchev–Trinajstić information content (AvgIpc) is 3.07. The first-order chi connectivity index (χ1) is 20.1.